The lowest BCUT2D eigenvalue weighted by Gasteiger charge is -2.38. The predicted molar refractivity (Wildman–Crippen MR) is 99.1 cm³/mol. The van der Waals surface area contributed by atoms with Gasteiger partial charge in [0.25, 0.3) is 0 Å². The number of hydrogen-bond donors (Lipinski definition) is 0. The zero-order valence-corrected chi connectivity index (χ0v) is 14.3. The maximum Gasteiger partial charge on any atom is 0.106 e. The van der Waals surface area contributed by atoms with Crippen LogP contribution in [0.25, 0.3) is 0 Å². The SMILES string of the molecule is CN(Cc1ccccc1)C1CCN(c2ccc(CN=O)cc2)CC1. The Hall–Kier alpha value is -2.20. The van der Waals surface area contributed by atoms with Crippen LogP contribution in [0.2, 0.25) is 0 Å². The number of benzene rings is 2. The van der Waals surface area contributed by atoms with E-state index in [0.29, 0.717) is 6.04 Å². The molecule has 4 nitrogen and oxygen atoms in total. The fraction of sp³-hybridized carbons (Fsp3) is 0.400. The van der Waals surface area contributed by atoms with Gasteiger partial charge in [-0.3, -0.25) is 4.90 Å². The molecule has 0 saturated carbocycles. The van der Waals surface area contributed by atoms with Gasteiger partial charge in [-0.05, 0) is 43.1 Å². The van der Waals surface area contributed by atoms with E-state index >= 15 is 0 Å². The summed E-state index contributed by atoms with van der Waals surface area (Å²) >= 11 is 0. The molecule has 1 saturated heterocycles. The molecular formula is C20H25N3O. The van der Waals surface area contributed by atoms with Crippen molar-refractivity contribution in [1.82, 2.24) is 4.90 Å². The highest BCUT2D eigenvalue weighted by Gasteiger charge is 2.22. The second kappa shape index (κ2) is 8.06. The van der Waals surface area contributed by atoms with Crippen molar-refractivity contribution in [2.75, 3.05) is 25.0 Å². The lowest BCUT2D eigenvalue weighted by molar-refractivity contribution is 0.200. The molecule has 126 valence electrons. The van der Waals surface area contributed by atoms with E-state index in [1.54, 1.807) is 0 Å². The van der Waals surface area contributed by atoms with E-state index in [0.717, 1.165) is 25.2 Å². The van der Waals surface area contributed by atoms with E-state index in [9.17, 15) is 4.91 Å². The zero-order chi connectivity index (χ0) is 16.8. The molecule has 0 atom stereocenters. The summed E-state index contributed by atoms with van der Waals surface area (Å²) in [5, 5.41) is 2.94. The van der Waals surface area contributed by atoms with Crippen LogP contribution < -0.4 is 4.90 Å². The Morgan fingerprint density at radius 3 is 2.29 bits per heavy atom. The molecule has 1 fully saturated rings. The Kier molecular flexibility index (Phi) is 5.59. The normalized spacial score (nSPS) is 15.7. The Labute approximate surface area is 144 Å². The Morgan fingerprint density at radius 2 is 1.67 bits per heavy atom. The highest BCUT2D eigenvalue weighted by atomic mass is 16.3. The van der Waals surface area contributed by atoms with Gasteiger partial charge in [0.1, 0.15) is 6.54 Å². The summed E-state index contributed by atoms with van der Waals surface area (Å²) in [6.07, 6.45) is 2.36. The summed E-state index contributed by atoms with van der Waals surface area (Å²) in [5.74, 6) is 0. The lowest BCUT2D eigenvalue weighted by atomic mass is 10.0. The van der Waals surface area contributed by atoms with Crippen LogP contribution in [-0.2, 0) is 13.1 Å². The van der Waals surface area contributed by atoms with Crippen molar-refractivity contribution in [1.29, 1.82) is 0 Å². The highest BCUT2D eigenvalue weighted by molar-refractivity contribution is 5.48. The largest absolute Gasteiger partial charge is 0.371 e. The molecule has 4 heteroatoms. The summed E-state index contributed by atoms with van der Waals surface area (Å²) < 4.78 is 0. The van der Waals surface area contributed by atoms with Gasteiger partial charge in [-0.15, -0.1) is 0 Å². The second-order valence-electron chi connectivity index (χ2n) is 6.57. The van der Waals surface area contributed by atoms with E-state index in [4.69, 9.17) is 0 Å². The van der Waals surface area contributed by atoms with Gasteiger partial charge in [0.05, 0.1) is 0 Å². The van der Waals surface area contributed by atoms with Gasteiger partial charge >= 0.3 is 0 Å². The smallest absolute Gasteiger partial charge is 0.106 e. The minimum absolute atomic E-state index is 0.257. The number of nitroso groups, excluding NO2 is 1. The Bertz CT molecular complexity index is 634. The van der Waals surface area contributed by atoms with Gasteiger partial charge in [-0.25, -0.2) is 0 Å². The molecule has 3 rings (SSSR count). The molecule has 1 heterocycles. The summed E-state index contributed by atoms with van der Waals surface area (Å²) in [5.41, 5.74) is 3.60. The number of nitrogens with zero attached hydrogens (tertiary/aromatic N) is 3. The first-order chi connectivity index (χ1) is 11.8. The molecule has 0 amide bonds. The van der Waals surface area contributed by atoms with Crippen LogP contribution >= 0.6 is 0 Å². The maximum absolute atomic E-state index is 10.3. The molecule has 0 N–H and O–H groups in total. The third-order valence-corrected chi connectivity index (χ3v) is 4.91. The number of hydrogen-bond acceptors (Lipinski definition) is 4. The standard InChI is InChI=1S/C20H25N3O/c1-22(16-18-5-3-2-4-6-18)19-11-13-23(14-12-19)20-9-7-17(8-10-20)15-21-24/h2-10,19H,11-16H2,1H3. The molecule has 0 bridgehead atoms. The van der Waals surface area contributed by atoms with Crippen molar-refractivity contribution < 1.29 is 0 Å². The first kappa shape index (κ1) is 16.7. The second-order valence-corrected chi connectivity index (χ2v) is 6.57. The van der Waals surface area contributed by atoms with Crippen LogP contribution in [0.1, 0.15) is 24.0 Å². The van der Waals surface area contributed by atoms with Crippen molar-refractivity contribution in [3.8, 4) is 0 Å². The fourth-order valence-electron chi connectivity index (χ4n) is 3.45. The van der Waals surface area contributed by atoms with E-state index in [-0.39, 0.29) is 6.54 Å². The summed E-state index contributed by atoms with van der Waals surface area (Å²) in [7, 11) is 2.23. The van der Waals surface area contributed by atoms with Crippen LogP contribution in [0, 0.1) is 4.91 Å². The third-order valence-electron chi connectivity index (χ3n) is 4.91. The Balaban J connectivity index is 1.52. The molecule has 2 aromatic carbocycles. The van der Waals surface area contributed by atoms with Gasteiger partial charge < -0.3 is 4.90 Å². The molecule has 0 spiro atoms. The molecule has 1 aliphatic rings. The quantitative estimate of drug-likeness (QED) is 0.752. The molecule has 0 unspecified atom stereocenters. The molecule has 24 heavy (non-hydrogen) atoms. The maximum atomic E-state index is 10.3. The van der Waals surface area contributed by atoms with Crippen LogP contribution in [0.4, 0.5) is 5.69 Å². The van der Waals surface area contributed by atoms with Gasteiger partial charge in [0.2, 0.25) is 0 Å². The first-order valence-electron chi connectivity index (χ1n) is 8.63. The van der Waals surface area contributed by atoms with Gasteiger partial charge in [0.15, 0.2) is 0 Å². The van der Waals surface area contributed by atoms with Crippen molar-refractivity contribution in [2.24, 2.45) is 5.18 Å². The average Bonchev–Trinajstić information content (AvgIpc) is 2.64. The molecule has 0 radical (unpaired) electrons. The summed E-state index contributed by atoms with van der Waals surface area (Å²) in [6, 6.07) is 19.5. The van der Waals surface area contributed by atoms with Crippen LogP contribution in [-0.4, -0.2) is 31.1 Å². The lowest BCUT2D eigenvalue weighted by Crippen LogP contribution is -2.43. The predicted octanol–water partition coefficient (Wildman–Crippen LogP) is 4.05. The van der Waals surface area contributed by atoms with Crippen molar-refractivity contribution in [2.45, 2.75) is 32.0 Å². The van der Waals surface area contributed by atoms with Crippen LogP contribution in [0.15, 0.2) is 59.8 Å². The highest BCUT2D eigenvalue weighted by Crippen LogP contribution is 2.23. The summed E-state index contributed by atoms with van der Waals surface area (Å²) in [6.45, 7) is 3.43. The molecule has 0 aliphatic carbocycles. The van der Waals surface area contributed by atoms with E-state index in [1.807, 2.05) is 12.1 Å². The minimum Gasteiger partial charge on any atom is -0.371 e. The van der Waals surface area contributed by atoms with E-state index in [2.05, 4.69) is 64.5 Å². The van der Waals surface area contributed by atoms with Crippen molar-refractivity contribution >= 4 is 5.69 Å². The van der Waals surface area contributed by atoms with E-state index < -0.39 is 0 Å². The molecule has 1 aliphatic heterocycles. The van der Waals surface area contributed by atoms with Crippen molar-refractivity contribution in [3.05, 3.63) is 70.6 Å². The van der Waals surface area contributed by atoms with Gasteiger partial charge in [0, 0.05) is 31.4 Å². The fourth-order valence-corrected chi connectivity index (χ4v) is 3.45. The number of anilines is 1. The van der Waals surface area contributed by atoms with Gasteiger partial charge in [-0.2, -0.15) is 4.91 Å². The summed E-state index contributed by atoms with van der Waals surface area (Å²) in [4.78, 5) is 15.2. The van der Waals surface area contributed by atoms with Crippen molar-refractivity contribution in [3.63, 3.8) is 0 Å². The Morgan fingerprint density at radius 1 is 1.00 bits per heavy atom. The zero-order valence-electron chi connectivity index (χ0n) is 14.3. The molecule has 0 aromatic heterocycles. The van der Waals surface area contributed by atoms with Crippen LogP contribution in [0.3, 0.4) is 0 Å². The topological polar surface area (TPSA) is 35.9 Å². The average molecular weight is 323 g/mol. The number of piperidine rings is 1. The van der Waals surface area contributed by atoms with Gasteiger partial charge in [-0.1, -0.05) is 47.6 Å². The number of rotatable bonds is 6. The van der Waals surface area contributed by atoms with E-state index in [1.165, 1.54) is 24.1 Å². The first-order valence-corrected chi connectivity index (χ1v) is 8.63. The molecule has 2 aromatic rings. The molecular weight excluding hydrogens is 298 g/mol. The monoisotopic (exact) mass is 323 g/mol. The van der Waals surface area contributed by atoms with Crippen LogP contribution in [0.5, 0.6) is 0 Å². The minimum atomic E-state index is 0.257. The third kappa shape index (κ3) is 4.20.